The van der Waals surface area contributed by atoms with E-state index in [9.17, 15) is 4.39 Å². The van der Waals surface area contributed by atoms with Crippen molar-refractivity contribution >= 4 is 27.8 Å². The predicted octanol–water partition coefficient (Wildman–Crippen LogP) is 3.70. The number of hydrogen-bond donors (Lipinski definition) is 2. The van der Waals surface area contributed by atoms with Gasteiger partial charge in [-0.05, 0) is 24.3 Å². The Bertz CT molecular complexity index is 735. The van der Waals surface area contributed by atoms with Crippen LogP contribution in [0.15, 0.2) is 54.9 Å². The molecular weight excluding hydrogens is 241 g/mol. The van der Waals surface area contributed by atoms with Crippen molar-refractivity contribution in [1.82, 2.24) is 4.98 Å². The second kappa shape index (κ2) is 4.57. The second-order valence-corrected chi connectivity index (χ2v) is 4.23. The van der Waals surface area contributed by atoms with Crippen LogP contribution in [0.4, 0.5) is 21.5 Å². The topological polar surface area (TPSA) is 50.9 Å². The quantitative estimate of drug-likeness (QED) is 0.685. The number of pyridine rings is 1. The molecule has 94 valence electrons. The molecule has 3 aromatic rings. The van der Waals surface area contributed by atoms with Gasteiger partial charge < -0.3 is 11.1 Å². The summed E-state index contributed by atoms with van der Waals surface area (Å²) in [7, 11) is 0. The number of nitrogens with one attached hydrogen (secondary N) is 1. The lowest BCUT2D eigenvalue weighted by Crippen LogP contribution is -1.99. The Kier molecular flexibility index (Phi) is 2.76. The molecule has 3 rings (SSSR count). The minimum absolute atomic E-state index is 0.119. The Hall–Kier alpha value is -2.62. The highest BCUT2D eigenvalue weighted by atomic mass is 19.1. The Morgan fingerprint density at radius 2 is 1.79 bits per heavy atom. The van der Waals surface area contributed by atoms with Gasteiger partial charge in [0.25, 0.3) is 0 Å². The molecule has 1 aromatic heterocycles. The van der Waals surface area contributed by atoms with Gasteiger partial charge in [0.15, 0.2) is 0 Å². The summed E-state index contributed by atoms with van der Waals surface area (Å²) in [5.74, 6) is -0.424. The lowest BCUT2D eigenvalue weighted by atomic mass is 10.1. The predicted molar refractivity (Wildman–Crippen MR) is 75.8 cm³/mol. The summed E-state index contributed by atoms with van der Waals surface area (Å²) in [6.07, 6.45) is 3.51. The van der Waals surface area contributed by atoms with Gasteiger partial charge in [0.1, 0.15) is 5.82 Å². The number of nitrogens with zero attached hydrogens (tertiary/aromatic N) is 1. The van der Waals surface area contributed by atoms with Crippen molar-refractivity contribution in [3.8, 4) is 0 Å². The number of halogens is 1. The highest BCUT2D eigenvalue weighted by molar-refractivity contribution is 5.95. The first-order valence-electron chi connectivity index (χ1n) is 5.89. The third kappa shape index (κ3) is 2.08. The standard InChI is InChI=1S/C15H12FN3/c16-12-4-2-6-14(15(12)17)19-13-5-1-3-10-9-18-8-7-11(10)13/h1-9,19H,17H2. The van der Waals surface area contributed by atoms with Crippen molar-refractivity contribution in [2.24, 2.45) is 0 Å². The molecule has 19 heavy (non-hydrogen) atoms. The van der Waals surface area contributed by atoms with Crippen LogP contribution in [0.2, 0.25) is 0 Å². The van der Waals surface area contributed by atoms with Crippen LogP contribution in [-0.2, 0) is 0 Å². The van der Waals surface area contributed by atoms with Crippen molar-refractivity contribution in [1.29, 1.82) is 0 Å². The van der Waals surface area contributed by atoms with E-state index in [1.807, 2.05) is 24.3 Å². The van der Waals surface area contributed by atoms with E-state index in [0.717, 1.165) is 16.5 Å². The van der Waals surface area contributed by atoms with Crippen molar-refractivity contribution in [2.75, 3.05) is 11.1 Å². The number of rotatable bonds is 2. The second-order valence-electron chi connectivity index (χ2n) is 4.23. The van der Waals surface area contributed by atoms with Crippen LogP contribution in [0.25, 0.3) is 10.8 Å². The number of fused-ring (bicyclic) bond motifs is 1. The van der Waals surface area contributed by atoms with Crippen LogP contribution < -0.4 is 11.1 Å². The summed E-state index contributed by atoms with van der Waals surface area (Å²) in [5, 5.41) is 5.19. The summed E-state index contributed by atoms with van der Waals surface area (Å²) in [5.41, 5.74) is 7.28. The fraction of sp³-hybridized carbons (Fsp3) is 0. The molecule has 0 aliphatic heterocycles. The van der Waals surface area contributed by atoms with E-state index in [0.29, 0.717) is 5.69 Å². The fourth-order valence-corrected chi connectivity index (χ4v) is 2.02. The Morgan fingerprint density at radius 3 is 2.68 bits per heavy atom. The largest absolute Gasteiger partial charge is 0.395 e. The average Bonchev–Trinajstić information content (AvgIpc) is 2.44. The molecule has 0 unspecified atom stereocenters. The molecule has 0 atom stereocenters. The maximum atomic E-state index is 13.4. The van der Waals surface area contributed by atoms with Crippen molar-refractivity contribution in [2.45, 2.75) is 0 Å². The number of hydrogen-bond acceptors (Lipinski definition) is 3. The molecule has 2 aromatic carbocycles. The Balaban J connectivity index is 2.09. The van der Waals surface area contributed by atoms with Gasteiger partial charge in [-0.15, -0.1) is 0 Å². The molecule has 1 heterocycles. The SMILES string of the molecule is Nc1c(F)cccc1Nc1cccc2cnccc12. The fourth-order valence-electron chi connectivity index (χ4n) is 2.02. The molecule has 0 spiro atoms. The van der Waals surface area contributed by atoms with Gasteiger partial charge in [-0.3, -0.25) is 4.98 Å². The molecule has 0 amide bonds. The zero-order valence-electron chi connectivity index (χ0n) is 10.1. The highest BCUT2D eigenvalue weighted by Gasteiger charge is 2.06. The number of benzene rings is 2. The first-order valence-corrected chi connectivity index (χ1v) is 5.89. The summed E-state index contributed by atoms with van der Waals surface area (Å²) >= 11 is 0. The van der Waals surface area contributed by atoms with Gasteiger partial charge in [0, 0.05) is 28.9 Å². The smallest absolute Gasteiger partial charge is 0.148 e. The van der Waals surface area contributed by atoms with E-state index >= 15 is 0 Å². The van der Waals surface area contributed by atoms with E-state index in [1.165, 1.54) is 6.07 Å². The zero-order chi connectivity index (χ0) is 13.2. The monoisotopic (exact) mass is 253 g/mol. The summed E-state index contributed by atoms with van der Waals surface area (Å²) in [6.45, 7) is 0. The minimum Gasteiger partial charge on any atom is -0.395 e. The third-order valence-corrected chi connectivity index (χ3v) is 3.00. The molecule has 0 fully saturated rings. The lowest BCUT2D eigenvalue weighted by Gasteiger charge is -2.12. The summed E-state index contributed by atoms with van der Waals surface area (Å²) < 4.78 is 13.4. The van der Waals surface area contributed by atoms with E-state index in [1.54, 1.807) is 24.5 Å². The van der Waals surface area contributed by atoms with E-state index in [2.05, 4.69) is 10.3 Å². The van der Waals surface area contributed by atoms with Crippen molar-refractivity contribution < 1.29 is 4.39 Å². The van der Waals surface area contributed by atoms with Crippen LogP contribution in [0.5, 0.6) is 0 Å². The molecular formula is C15H12FN3. The van der Waals surface area contributed by atoms with Gasteiger partial charge in [0.2, 0.25) is 0 Å². The molecule has 3 N–H and O–H groups in total. The van der Waals surface area contributed by atoms with E-state index < -0.39 is 5.82 Å². The average molecular weight is 253 g/mol. The van der Waals surface area contributed by atoms with Crippen molar-refractivity contribution in [3.05, 3.63) is 60.7 Å². The zero-order valence-corrected chi connectivity index (χ0v) is 10.1. The molecule has 0 bridgehead atoms. The van der Waals surface area contributed by atoms with Gasteiger partial charge in [0.05, 0.1) is 11.4 Å². The van der Waals surface area contributed by atoms with Crippen LogP contribution in [0.3, 0.4) is 0 Å². The first kappa shape index (κ1) is 11.5. The molecule has 4 heteroatoms. The normalized spacial score (nSPS) is 10.6. The lowest BCUT2D eigenvalue weighted by molar-refractivity contribution is 0.633. The number of para-hydroxylation sites is 1. The maximum Gasteiger partial charge on any atom is 0.148 e. The summed E-state index contributed by atoms with van der Waals surface area (Å²) in [6, 6.07) is 12.4. The molecule has 0 saturated heterocycles. The molecule has 0 aliphatic rings. The minimum atomic E-state index is -0.424. The van der Waals surface area contributed by atoms with Gasteiger partial charge in [-0.2, -0.15) is 0 Å². The first-order chi connectivity index (χ1) is 9.25. The molecule has 0 saturated carbocycles. The molecule has 3 nitrogen and oxygen atoms in total. The maximum absolute atomic E-state index is 13.4. The van der Waals surface area contributed by atoms with Gasteiger partial charge in [-0.1, -0.05) is 18.2 Å². The number of anilines is 3. The third-order valence-electron chi connectivity index (χ3n) is 3.00. The van der Waals surface area contributed by atoms with Crippen LogP contribution in [-0.4, -0.2) is 4.98 Å². The highest BCUT2D eigenvalue weighted by Crippen LogP contribution is 2.29. The van der Waals surface area contributed by atoms with E-state index in [-0.39, 0.29) is 5.69 Å². The van der Waals surface area contributed by atoms with Crippen LogP contribution in [0.1, 0.15) is 0 Å². The van der Waals surface area contributed by atoms with Gasteiger partial charge >= 0.3 is 0 Å². The number of nitrogen functional groups attached to an aromatic ring is 1. The van der Waals surface area contributed by atoms with Crippen molar-refractivity contribution in [3.63, 3.8) is 0 Å². The van der Waals surface area contributed by atoms with Gasteiger partial charge in [-0.25, -0.2) is 4.39 Å². The molecule has 0 radical (unpaired) electrons. The van der Waals surface area contributed by atoms with Crippen LogP contribution >= 0.6 is 0 Å². The Labute approximate surface area is 109 Å². The molecule has 0 aliphatic carbocycles. The van der Waals surface area contributed by atoms with E-state index in [4.69, 9.17) is 5.73 Å². The number of aromatic nitrogens is 1. The summed E-state index contributed by atoms with van der Waals surface area (Å²) in [4.78, 5) is 4.08. The van der Waals surface area contributed by atoms with Crippen LogP contribution in [0, 0.1) is 5.82 Å². The number of nitrogens with two attached hydrogens (primary N) is 1. The Morgan fingerprint density at radius 1 is 1.00 bits per heavy atom.